The average Bonchev–Trinajstić information content (AvgIpc) is 3.41. The Hall–Kier alpha value is -0.490. The molecule has 0 radical (unpaired) electrons. The van der Waals surface area contributed by atoms with E-state index >= 15 is 0 Å². The minimum Gasteiger partial charge on any atom is -0.393 e. The summed E-state index contributed by atoms with van der Waals surface area (Å²) in [4.78, 5) is 16.7. The van der Waals surface area contributed by atoms with Gasteiger partial charge in [0.25, 0.3) is 0 Å². The highest BCUT2D eigenvalue weighted by Gasteiger charge is 2.86. The van der Waals surface area contributed by atoms with Crippen LogP contribution >= 0.6 is 0 Å². The van der Waals surface area contributed by atoms with Crippen LogP contribution in [0.1, 0.15) is 86.5 Å². The van der Waals surface area contributed by atoms with Gasteiger partial charge in [-0.1, -0.05) is 34.6 Å². The summed E-state index contributed by atoms with van der Waals surface area (Å²) in [6.45, 7) is 14.9. The van der Waals surface area contributed by atoms with Crippen LogP contribution in [0.15, 0.2) is 0 Å². The maximum Gasteiger partial charge on any atom is 0.140 e. The zero-order valence-electron chi connectivity index (χ0n) is 23.5. The number of nitrogens with one attached hydrogen (secondary N) is 1. The van der Waals surface area contributed by atoms with Crippen LogP contribution in [0.3, 0.4) is 0 Å². The molecule has 1 heterocycles. The van der Waals surface area contributed by atoms with Crippen molar-refractivity contribution in [2.75, 3.05) is 20.7 Å². The highest BCUT2D eigenvalue weighted by Crippen LogP contribution is 2.88. The van der Waals surface area contributed by atoms with Crippen LogP contribution in [0.5, 0.6) is 0 Å². The number of carbonyl (C=O) groups excluding carboxylic acids is 1. The number of fused-ring (bicyclic) bond motifs is 4. The van der Waals surface area contributed by atoms with E-state index in [2.05, 4.69) is 65.9 Å². The lowest BCUT2D eigenvalue weighted by atomic mass is 9.41. The third kappa shape index (κ3) is 2.72. The van der Waals surface area contributed by atoms with Crippen LogP contribution < -0.4 is 5.32 Å². The van der Waals surface area contributed by atoms with Crippen molar-refractivity contribution in [1.82, 2.24) is 10.2 Å². The van der Waals surface area contributed by atoms with Gasteiger partial charge in [0.1, 0.15) is 12.0 Å². The summed E-state index contributed by atoms with van der Waals surface area (Å²) in [6.07, 6.45) is 7.12. The molecule has 6 fully saturated rings. The van der Waals surface area contributed by atoms with Crippen molar-refractivity contribution in [1.29, 1.82) is 0 Å². The van der Waals surface area contributed by atoms with Gasteiger partial charge in [0.2, 0.25) is 0 Å². The predicted molar refractivity (Wildman–Crippen MR) is 138 cm³/mol. The van der Waals surface area contributed by atoms with Crippen LogP contribution in [0.2, 0.25) is 0 Å². The maximum absolute atomic E-state index is 14.4. The quantitative estimate of drug-likeness (QED) is 0.616. The normalized spacial score (nSPS) is 57.7. The first-order chi connectivity index (χ1) is 16.3. The first-order valence-corrected chi connectivity index (χ1v) is 14.5. The van der Waals surface area contributed by atoms with Gasteiger partial charge in [-0.3, -0.25) is 10.1 Å². The van der Waals surface area contributed by atoms with Crippen LogP contribution in [0.25, 0.3) is 0 Å². The van der Waals surface area contributed by atoms with E-state index < -0.39 is 0 Å². The molecule has 0 aromatic heterocycles. The number of ketones is 1. The third-order valence-corrected chi connectivity index (χ3v) is 13.6. The number of aliphatic hydroxyl groups excluding tert-OH is 1. The summed E-state index contributed by atoms with van der Waals surface area (Å²) < 4.78 is 6.43. The molecule has 6 aliphatic rings. The zero-order chi connectivity index (χ0) is 25.3. The molecule has 2 N–H and O–H groups in total. The summed E-state index contributed by atoms with van der Waals surface area (Å²) in [5.41, 5.74) is 0.00107. The fourth-order valence-corrected chi connectivity index (χ4v) is 11.6. The number of carbonyl (C=O) groups is 1. The molecule has 0 bridgehead atoms. The van der Waals surface area contributed by atoms with Crippen molar-refractivity contribution in [2.24, 2.45) is 50.7 Å². The molecule has 5 heteroatoms. The zero-order valence-corrected chi connectivity index (χ0v) is 23.5. The maximum atomic E-state index is 14.4. The van der Waals surface area contributed by atoms with E-state index in [1.54, 1.807) is 0 Å². The first kappa shape index (κ1) is 24.8. The number of hydrogen-bond donors (Lipinski definition) is 2. The molecule has 4 unspecified atom stereocenters. The van der Waals surface area contributed by atoms with Crippen molar-refractivity contribution in [2.45, 2.75) is 111 Å². The van der Waals surface area contributed by atoms with E-state index in [-0.39, 0.29) is 51.4 Å². The second-order valence-corrected chi connectivity index (χ2v) is 15.2. The second kappa shape index (κ2) is 7.33. The van der Waals surface area contributed by atoms with Crippen LogP contribution in [-0.2, 0) is 9.53 Å². The molecule has 5 aliphatic carbocycles. The topological polar surface area (TPSA) is 61.8 Å². The van der Waals surface area contributed by atoms with E-state index in [1.165, 1.54) is 12.8 Å². The lowest BCUT2D eigenvalue weighted by molar-refractivity contribution is -0.194. The van der Waals surface area contributed by atoms with E-state index in [1.807, 2.05) is 0 Å². The summed E-state index contributed by atoms with van der Waals surface area (Å²) >= 11 is 0. The van der Waals surface area contributed by atoms with Gasteiger partial charge in [0.15, 0.2) is 0 Å². The second-order valence-electron chi connectivity index (χ2n) is 15.2. The Morgan fingerprint density at radius 3 is 2.40 bits per heavy atom. The Morgan fingerprint density at radius 1 is 1.06 bits per heavy atom. The lowest BCUT2D eigenvalue weighted by Gasteiger charge is -2.64. The van der Waals surface area contributed by atoms with E-state index in [9.17, 15) is 9.90 Å². The molecular weight excluding hydrogens is 436 g/mol. The smallest absolute Gasteiger partial charge is 0.140 e. The largest absolute Gasteiger partial charge is 0.393 e. The molecule has 198 valence electrons. The van der Waals surface area contributed by atoms with E-state index in [0.717, 1.165) is 32.3 Å². The molecule has 1 saturated heterocycles. The average molecular weight is 487 g/mol. The Kier molecular flexibility index (Phi) is 5.20. The third-order valence-electron chi connectivity index (χ3n) is 13.6. The number of Topliss-reactive ketones (excluding diaryl/α,β-unsaturated/α-hetero) is 1. The minimum atomic E-state index is -0.324. The Labute approximate surface area is 213 Å². The molecule has 5 saturated carbocycles. The number of nitrogens with zero attached hydrogens (tertiary/aromatic N) is 1. The van der Waals surface area contributed by atoms with Crippen LogP contribution in [0, 0.1) is 50.7 Å². The Bertz CT molecular complexity index is 921. The monoisotopic (exact) mass is 486 g/mol. The molecule has 0 amide bonds. The fraction of sp³-hybridized carbons (Fsp3) is 0.967. The molecule has 5 nitrogen and oxygen atoms in total. The van der Waals surface area contributed by atoms with Gasteiger partial charge in [-0.2, -0.15) is 0 Å². The number of rotatable bonds is 3. The van der Waals surface area contributed by atoms with Crippen LogP contribution in [-0.4, -0.2) is 60.9 Å². The van der Waals surface area contributed by atoms with Gasteiger partial charge in [0, 0.05) is 35.3 Å². The number of aliphatic hydroxyl groups is 1. The minimum absolute atomic E-state index is 0.0194. The molecule has 0 aromatic rings. The standard InChI is InChI=1S/C30H50N2O3/c1-17(2)25-31-22-11-12-29-15-30(29)21(10-9-20(29)26(22,4)16-35-25)27(5)13-19(33)24(18(3)32(7)8)28(27,6)14-23(30)34/h17-22,24-25,31,33H,9-16H2,1-8H3/t18-,19+,20?,21?,22?,24-,25-,26-,27-,28+,29+,30?/m0/s1. The highest BCUT2D eigenvalue weighted by molar-refractivity contribution is 5.92. The van der Waals surface area contributed by atoms with Gasteiger partial charge < -0.3 is 14.7 Å². The number of ether oxygens (including phenoxy) is 1. The van der Waals surface area contributed by atoms with Gasteiger partial charge in [0.05, 0.1) is 12.7 Å². The van der Waals surface area contributed by atoms with Crippen molar-refractivity contribution >= 4 is 5.78 Å². The summed E-state index contributed by atoms with van der Waals surface area (Å²) in [7, 11) is 4.24. The Balaban J connectivity index is 1.36. The van der Waals surface area contributed by atoms with Crippen LogP contribution in [0.4, 0.5) is 0 Å². The van der Waals surface area contributed by atoms with E-state index in [0.29, 0.717) is 36.0 Å². The first-order valence-electron chi connectivity index (χ1n) is 14.5. The van der Waals surface area contributed by atoms with Gasteiger partial charge in [-0.15, -0.1) is 0 Å². The Morgan fingerprint density at radius 2 is 1.74 bits per heavy atom. The molecule has 12 atom stereocenters. The van der Waals surface area contributed by atoms with Gasteiger partial charge in [-0.25, -0.2) is 0 Å². The van der Waals surface area contributed by atoms with Crippen molar-refractivity contribution < 1.29 is 14.6 Å². The molecule has 1 aliphatic heterocycles. The molecular formula is C30H50N2O3. The van der Waals surface area contributed by atoms with Crippen molar-refractivity contribution in [3.05, 3.63) is 0 Å². The van der Waals surface area contributed by atoms with Gasteiger partial charge >= 0.3 is 0 Å². The summed E-state index contributed by atoms with van der Waals surface area (Å²) in [5.74, 6) is 2.14. The highest BCUT2D eigenvalue weighted by atomic mass is 16.5. The van der Waals surface area contributed by atoms with Crippen molar-refractivity contribution in [3.8, 4) is 0 Å². The molecule has 35 heavy (non-hydrogen) atoms. The summed E-state index contributed by atoms with van der Waals surface area (Å²) in [5, 5.41) is 15.4. The fourth-order valence-electron chi connectivity index (χ4n) is 11.6. The lowest BCUT2D eigenvalue weighted by Crippen LogP contribution is -2.67. The summed E-state index contributed by atoms with van der Waals surface area (Å²) in [6, 6.07) is 0.753. The van der Waals surface area contributed by atoms with Crippen molar-refractivity contribution in [3.63, 3.8) is 0 Å². The molecule has 6 rings (SSSR count). The number of hydrogen-bond acceptors (Lipinski definition) is 5. The van der Waals surface area contributed by atoms with Gasteiger partial charge in [-0.05, 0) is 93.5 Å². The van der Waals surface area contributed by atoms with E-state index in [4.69, 9.17) is 4.74 Å². The SMILES string of the molecule is CC(C)[C@H]1NC2CC[C@]34CC35C(=O)C[C@]3(C)[C@@H]([C@H](C)N(C)C)[C@H](O)C[C@@]3(C)C5CCC4[C@]2(C)CO1. The predicted octanol–water partition coefficient (Wildman–Crippen LogP) is 4.48. The molecule has 0 aromatic carbocycles. The molecule has 2 spiro atoms.